The van der Waals surface area contributed by atoms with Gasteiger partial charge in [-0.1, -0.05) is 12.1 Å². The van der Waals surface area contributed by atoms with Gasteiger partial charge in [0, 0.05) is 30.0 Å². The number of carbonyl (C=O) groups excluding carboxylic acids is 3. The minimum Gasteiger partial charge on any atom is -0.459 e. The van der Waals surface area contributed by atoms with E-state index in [0.717, 1.165) is 36.2 Å². The number of fused-ring (bicyclic) bond motifs is 2. The highest BCUT2D eigenvalue weighted by Crippen LogP contribution is 2.45. The molecule has 0 saturated heterocycles. The third-order valence-corrected chi connectivity index (χ3v) is 7.87. The van der Waals surface area contributed by atoms with Crippen LogP contribution in [-0.2, 0) is 32.0 Å². The molecule has 0 fully saturated rings. The summed E-state index contributed by atoms with van der Waals surface area (Å²) in [5, 5.41) is 7.62. The minimum atomic E-state index is -0.574. The molecule has 0 bridgehead atoms. The van der Waals surface area contributed by atoms with Gasteiger partial charge in [0.05, 0.1) is 23.3 Å². The third-order valence-electron chi connectivity index (χ3n) is 5.69. The van der Waals surface area contributed by atoms with Crippen LogP contribution in [0.5, 0.6) is 0 Å². The van der Waals surface area contributed by atoms with Crippen LogP contribution in [0.2, 0.25) is 0 Å². The molecule has 1 aliphatic heterocycles. The maximum absolute atomic E-state index is 12.9. The van der Waals surface area contributed by atoms with Crippen molar-refractivity contribution >= 4 is 55.9 Å². The van der Waals surface area contributed by atoms with Crippen molar-refractivity contribution in [3.8, 4) is 10.6 Å². The van der Waals surface area contributed by atoms with E-state index in [2.05, 4.69) is 10.6 Å². The number of anilines is 1. The summed E-state index contributed by atoms with van der Waals surface area (Å²) in [6.45, 7) is 12.3. The molecule has 0 unspecified atom stereocenters. The summed E-state index contributed by atoms with van der Waals surface area (Å²) in [7, 11) is 0. The van der Waals surface area contributed by atoms with Gasteiger partial charge in [-0.2, -0.15) is 0 Å². The Morgan fingerprint density at radius 2 is 1.74 bits per heavy atom. The number of esters is 1. The number of carbonyl (C=O) groups is 3. The van der Waals surface area contributed by atoms with Gasteiger partial charge >= 0.3 is 12.1 Å². The lowest BCUT2D eigenvalue weighted by Gasteiger charge is -2.30. The molecule has 11 heteroatoms. The van der Waals surface area contributed by atoms with Crippen molar-refractivity contribution in [2.24, 2.45) is 0 Å². The molecular formula is C28H36N4O5S2. The van der Waals surface area contributed by atoms with E-state index < -0.39 is 11.2 Å². The van der Waals surface area contributed by atoms with Crippen molar-refractivity contribution in [3.05, 3.63) is 34.7 Å². The standard InChI is InChI=1S/C28H36N4O5S2/c1-27(2,3)36-22(34)15-29-13-11-21(33)31-25-23(24-30-18-9-7-8-10-19(18)38-24)17-12-14-32(16-20(17)39-25)26(35)37-28(4,5)6/h7-10,29H,11-16H2,1-6H3,(H,31,33). The first-order chi connectivity index (χ1) is 18.3. The Kier molecular flexibility index (Phi) is 8.63. The zero-order valence-electron chi connectivity index (χ0n) is 23.3. The first-order valence-corrected chi connectivity index (χ1v) is 14.6. The second kappa shape index (κ2) is 11.6. The third kappa shape index (κ3) is 7.77. The van der Waals surface area contributed by atoms with Crippen LogP contribution in [0.3, 0.4) is 0 Å². The molecule has 0 radical (unpaired) electrons. The van der Waals surface area contributed by atoms with Crippen LogP contribution < -0.4 is 10.6 Å². The van der Waals surface area contributed by atoms with Crippen molar-refractivity contribution in [2.45, 2.75) is 72.1 Å². The smallest absolute Gasteiger partial charge is 0.410 e. The number of ether oxygens (including phenoxy) is 2. The van der Waals surface area contributed by atoms with Crippen LogP contribution in [-0.4, -0.2) is 58.7 Å². The molecule has 0 aliphatic carbocycles. The van der Waals surface area contributed by atoms with Gasteiger partial charge < -0.3 is 25.0 Å². The van der Waals surface area contributed by atoms with E-state index in [0.29, 0.717) is 26.1 Å². The Labute approximate surface area is 236 Å². The lowest BCUT2D eigenvalue weighted by molar-refractivity contribution is -0.153. The average molecular weight is 573 g/mol. The second-order valence-corrected chi connectivity index (χ2v) is 13.5. The number of nitrogens with zero attached hydrogens (tertiary/aromatic N) is 2. The lowest BCUT2D eigenvalue weighted by atomic mass is 10.0. The molecule has 0 spiro atoms. The van der Waals surface area contributed by atoms with Gasteiger partial charge in [0.15, 0.2) is 0 Å². The first-order valence-electron chi connectivity index (χ1n) is 13.0. The van der Waals surface area contributed by atoms with Crippen molar-refractivity contribution in [2.75, 3.05) is 25.0 Å². The monoisotopic (exact) mass is 572 g/mol. The number of thiophene rings is 1. The van der Waals surface area contributed by atoms with Crippen LogP contribution in [0.1, 0.15) is 58.4 Å². The zero-order valence-corrected chi connectivity index (χ0v) is 24.9. The van der Waals surface area contributed by atoms with Crippen LogP contribution in [0.25, 0.3) is 20.8 Å². The molecule has 2 amide bonds. The number of para-hydroxylation sites is 1. The van der Waals surface area contributed by atoms with E-state index in [1.54, 1.807) is 16.2 Å². The van der Waals surface area contributed by atoms with Gasteiger partial charge in [0.1, 0.15) is 21.2 Å². The lowest BCUT2D eigenvalue weighted by Crippen LogP contribution is -2.39. The van der Waals surface area contributed by atoms with E-state index in [1.165, 1.54) is 11.3 Å². The van der Waals surface area contributed by atoms with Crippen LogP contribution in [0, 0.1) is 0 Å². The van der Waals surface area contributed by atoms with Gasteiger partial charge in [0.25, 0.3) is 0 Å². The highest BCUT2D eigenvalue weighted by Gasteiger charge is 2.31. The van der Waals surface area contributed by atoms with Crippen molar-refractivity contribution in [3.63, 3.8) is 0 Å². The van der Waals surface area contributed by atoms with E-state index in [-0.39, 0.29) is 30.9 Å². The molecule has 1 aliphatic rings. The van der Waals surface area contributed by atoms with E-state index in [4.69, 9.17) is 14.5 Å². The van der Waals surface area contributed by atoms with E-state index in [1.807, 2.05) is 65.8 Å². The summed E-state index contributed by atoms with van der Waals surface area (Å²) in [5.41, 5.74) is 1.82. The molecule has 39 heavy (non-hydrogen) atoms. The molecule has 3 aromatic rings. The number of rotatable bonds is 7. The normalized spacial score (nSPS) is 13.7. The molecule has 4 rings (SSSR count). The summed E-state index contributed by atoms with van der Waals surface area (Å²) >= 11 is 3.06. The predicted octanol–water partition coefficient (Wildman–Crippen LogP) is 5.58. The number of thiazole rings is 1. The number of hydrogen-bond donors (Lipinski definition) is 2. The van der Waals surface area contributed by atoms with Gasteiger partial charge in [-0.15, -0.1) is 22.7 Å². The summed E-state index contributed by atoms with van der Waals surface area (Å²) in [6, 6.07) is 7.96. The SMILES string of the molecule is CC(C)(C)OC(=O)CNCCC(=O)Nc1sc2c(c1-c1nc3ccccc3s1)CCN(C(=O)OC(C)(C)C)C2. The van der Waals surface area contributed by atoms with E-state index in [9.17, 15) is 14.4 Å². The molecule has 3 heterocycles. The average Bonchev–Trinajstić information content (AvgIpc) is 3.39. The zero-order chi connectivity index (χ0) is 28.4. The Morgan fingerprint density at radius 3 is 2.44 bits per heavy atom. The number of aromatic nitrogens is 1. The fourth-order valence-electron chi connectivity index (χ4n) is 4.14. The Morgan fingerprint density at radius 1 is 1.03 bits per heavy atom. The fourth-order valence-corrected chi connectivity index (χ4v) is 6.53. The maximum Gasteiger partial charge on any atom is 0.410 e. The maximum atomic E-state index is 12.9. The Bertz CT molecular complexity index is 1330. The molecule has 210 valence electrons. The molecule has 2 N–H and O–H groups in total. The molecular weight excluding hydrogens is 536 g/mol. The number of benzene rings is 1. The van der Waals surface area contributed by atoms with Gasteiger partial charge in [-0.3, -0.25) is 9.59 Å². The van der Waals surface area contributed by atoms with Gasteiger partial charge in [-0.05, 0) is 65.7 Å². The molecule has 2 aromatic heterocycles. The molecule has 0 atom stereocenters. The number of hydrogen-bond acceptors (Lipinski definition) is 9. The predicted molar refractivity (Wildman–Crippen MR) is 155 cm³/mol. The van der Waals surface area contributed by atoms with Crippen LogP contribution >= 0.6 is 22.7 Å². The van der Waals surface area contributed by atoms with Crippen molar-refractivity contribution < 1.29 is 23.9 Å². The summed E-state index contributed by atoms with van der Waals surface area (Å²) in [4.78, 5) is 45.2. The minimum absolute atomic E-state index is 0.0370. The van der Waals surface area contributed by atoms with Crippen LogP contribution in [0.4, 0.5) is 9.80 Å². The summed E-state index contributed by atoms with van der Waals surface area (Å²) in [6.07, 6.45) is 0.489. The summed E-state index contributed by atoms with van der Waals surface area (Å²) in [5.74, 6) is -0.529. The largest absolute Gasteiger partial charge is 0.459 e. The van der Waals surface area contributed by atoms with Crippen molar-refractivity contribution in [1.82, 2.24) is 15.2 Å². The molecule has 1 aromatic carbocycles. The van der Waals surface area contributed by atoms with E-state index >= 15 is 0 Å². The second-order valence-electron chi connectivity index (χ2n) is 11.4. The molecule has 0 saturated carbocycles. The Hall–Kier alpha value is -3.02. The van der Waals surface area contributed by atoms with Gasteiger partial charge in [-0.25, -0.2) is 9.78 Å². The number of amides is 2. The first kappa shape index (κ1) is 29.0. The van der Waals surface area contributed by atoms with Crippen molar-refractivity contribution in [1.29, 1.82) is 0 Å². The number of nitrogens with one attached hydrogen (secondary N) is 2. The fraction of sp³-hybridized carbons (Fsp3) is 0.500. The quantitative estimate of drug-likeness (QED) is 0.281. The highest BCUT2D eigenvalue weighted by molar-refractivity contribution is 7.22. The Balaban J connectivity index is 1.51. The van der Waals surface area contributed by atoms with Crippen LogP contribution in [0.15, 0.2) is 24.3 Å². The summed E-state index contributed by atoms with van der Waals surface area (Å²) < 4.78 is 11.9. The molecule has 9 nitrogen and oxygen atoms in total. The van der Waals surface area contributed by atoms with Gasteiger partial charge in [0.2, 0.25) is 5.91 Å². The topological polar surface area (TPSA) is 110 Å². The highest BCUT2D eigenvalue weighted by atomic mass is 32.1.